The molecular formula is C23H26N4O4. The van der Waals surface area contributed by atoms with Crippen LogP contribution in [-0.2, 0) is 14.9 Å². The number of carbonyl (C=O) groups excluding carboxylic acids is 1. The van der Waals surface area contributed by atoms with Gasteiger partial charge in [0.15, 0.2) is 12.7 Å². The minimum absolute atomic E-state index is 0.0354. The quantitative estimate of drug-likeness (QED) is 0.622. The molecule has 8 nitrogen and oxygen atoms in total. The number of carbonyl (C=O) groups is 1. The van der Waals surface area contributed by atoms with E-state index in [9.17, 15) is 4.79 Å². The molecule has 1 fully saturated rings. The van der Waals surface area contributed by atoms with Crippen LogP contribution in [0.4, 0.5) is 0 Å². The van der Waals surface area contributed by atoms with Gasteiger partial charge in [-0.2, -0.15) is 4.98 Å². The Kier molecular flexibility index (Phi) is 5.99. The molecule has 162 valence electrons. The first-order valence-corrected chi connectivity index (χ1v) is 10.3. The van der Waals surface area contributed by atoms with E-state index < -0.39 is 6.10 Å². The topological polar surface area (TPSA) is 90.6 Å². The monoisotopic (exact) mass is 422 g/mol. The number of hydrogen-bond acceptors (Lipinski definition) is 7. The molecule has 1 aliphatic heterocycles. The van der Waals surface area contributed by atoms with Crippen LogP contribution in [0, 0.1) is 0 Å². The van der Waals surface area contributed by atoms with Gasteiger partial charge in [-0.1, -0.05) is 38.1 Å². The molecule has 1 aliphatic rings. The van der Waals surface area contributed by atoms with Gasteiger partial charge in [-0.25, -0.2) is 0 Å². The third kappa shape index (κ3) is 5.08. The standard InChI is InChI=1S/C23H26N4O4/c1-23(2,3)17-6-8-18(9-7-17)30-15-20(28)27-11-12-29-19(14-27)22-25-21(26-31-22)16-5-4-10-24-13-16/h4-10,13,19H,11-12,14-15H2,1-3H3. The zero-order valence-electron chi connectivity index (χ0n) is 17.9. The highest BCUT2D eigenvalue weighted by molar-refractivity contribution is 5.78. The lowest BCUT2D eigenvalue weighted by atomic mass is 9.87. The molecule has 1 saturated heterocycles. The second kappa shape index (κ2) is 8.85. The summed E-state index contributed by atoms with van der Waals surface area (Å²) in [4.78, 5) is 22.8. The molecule has 0 spiro atoms. The Balaban J connectivity index is 1.34. The van der Waals surface area contributed by atoms with Crippen molar-refractivity contribution in [1.29, 1.82) is 0 Å². The van der Waals surface area contributed by atoms with Gasteiger partial charge in [-0.15, -0.1) is 0 Å². The third-order valence-electron chi connectivity index (χ3n) is 5.14. The van der Waals surface area contributed by atoms with E-state index in [-0.39, 0.29) is 17.9 Å². The Hall–Kier alpha value is -3.26. The number of benzene rings is 1. The van der Waals surface area contributed by atoms with Gasteiger partial charge < -0.3 is 18.9 Å². The van der Waals surface area contributed by atoms with Crippen molar-refractivity contribution >= 4 is 5.91 Å². The van der Waals surface area contributed by atoms with E-state index >= 15 is 0 Å². The molecule has 1 unspecified atom stereocenters. The Labute approximate surface area is 181 Å². The van der Waals surface area contributed by atoms with Gasteiger partial charge in [0, 0.05) is 24.5 Å². The highest BCUT2D eigenvalue weighted by atomic mass is 16.5. The smallest absolute Gasteiger partial charge is 0.260 e. The third-order valence-corrected chi connectivity index (χ3v) is 5.14. The van der Waals surface area contributed by atoms with Crippen LogP contribution in [-0.4, -0.2) is 52.2 Å². The summed E-state index contributed by atoms with van der Waals surface area (Å²) < 4.78 is 16.8. The van der Waals surface area contributed by atoms with Crippen LogP contribution in [0.2, 0.25) is 0 Å². The van der Waals surface area contributed by atoms with Gasteiger partial charge in [0.2, 0.25) is 5.82 Å². The average Bonchev–Trinajstić information content (AvgIpc) is 3.28. The van der Waals surface area contributed by atoms with E-state index in [1.807, 2.05) is 30.3 Å². The van der Waals surface area contributed by atoms with Crippen molar-refractivity contribution < 1.29 is 18.8 Å². The minimum Gasteiger partial charge on any atom is -0.484 e. The lowest BCUT2D eigenvalue weighted by Crippen LogP contribution is -2.44. The number of amides is 1. The molecule has 2 aromatic heterocycles. The minimum atomic E-state index is -0.471. The molecule has 1 amide bonds. The largest absolute Gasteiger partial charge is 0.484 e. The average molecular weight is 422 g/mol. The van der Waals surface area contributed by atoms with E-state index in [4.69, 9.17) is 14.0 Å². The Morgan fingerprint density at radius 1 is 1.23 bits per heavy atom. The summed E-state index contributed by atoms with van der Waals surface area (Å²) in [5.41, 5.74) is 2.04. The molecule has 0 aliphatic carbocycles. The predicted octanol–water partition coefficient (Wildman–Crippen LogP) is 3.41. The summed E-state index contributed by atoms with van der Waals surface area (Å²) in [5.74, 6) is 1.34. The first-order valence-electron chi connectivity index (χ1n) is 10.3. The number of aromatic nitrogens is 3. The van der Waals surface area contributed by atoms with Crippen LogP contribution in [0.1, 0.15) is 38.3 Å². The summed E-state index contributed by atoms with van der Waals surface area (Å²) in [7, 11) is 0. The normalized spacial score (nSPS) is 16.9. The summed E-state index contributed by atoms with van der Waals surface area (Å²) >= 11 is 0. The van der Waals surface area contributed by atoms with Gasteiger partial charge >= 0.3 is 0 Å². The van der Waals surface area contributed by atoms with Gasteiger partial charge in [0.1, 0.15) is 5.75 Å². The molecule has 1 aromatic carbocycles. The summed E-state index contributed by atoms with van der Waals surface area (Å²) in [5, 5.41) is 4.00. The van der Waals surface area contributed by atoms with Gasteiger partial charge in [0.05, 0.1) is 13.2 Å². The zero-order valence-corrected chi connectivity index (χ0v) is 17.9. The van der Waals surface area contributed by atoms with E-state index in [0.29, 0.717) is 37.2 Å². The molecule has 31 heavy (non-hydrogen) atoms. The Morgan fingerprint density at radius 2 is 2.03 bits per heavy atom. The molecular weight excluding hydrogens is 396 g/mol. The summed E-state index contributed by atoms with van der Waals surface area (Å²) in [6.07, 6.45) is 2.87. The number of hydrogen-bond donors (Lipinski definition) is 0. The van der Waals surface area contributed by atoms with E-state index in [2.05, 4.69) is 35.9 Å². The van der Waals surface area contributed by atoms with Crippen LogP contribution in [0.3, 0.4) is 0 Å². The van der Waals surface area contributed by atoms with Crippen LogP contribution < -0.4 is 4.74 Å². The van der Waals surface area contributed by atoms with Crippen molar-refractivity contribution in [1.82, 2.24) is 20.0 Å². The van der Waals surface area contributed by atoms with E-state index in [0.717, 1.165) is 5.56 Å². The number of morpholine rings is 1. The first kappa shape index (κ1) is 21.0. The Bertz CT molecular complexity index is 1010. The van der Waals surface area contributed by atoms with Crippen LogP contribution in [0.25, 0.3) is 11.4 Å². The number of rotatable bonds is 5. The fourth-order valence-corrected chi connectivity index (χ4v) is 3.29. The van der Waals surface area contributed by atoms with Gasteiger partial charge in [-0.3, -0.25) is 9.78 Å². The first-order chi connectivity index (χ1) is 14.9. The number of ether oxygens (including phenoxy) is 2. The van der Waals surface area contributed by atoms with Crippen LogP contribution in [0.15, 0.2) is 53.3 Å². The maximum absolute atomic E-state index is 12.7. The molecule has 0 radical (unpaired) electrons. The van der Waals surface area contributed by atoms with Crippen molar-refractivity contribution in [2.75, 3.05) is 26.3 Å². The fraction of sp³-hybridized carbons (Fsp3) is 0.391. The maximum atomic E-state index is 12.7. The Morgan fingerprint density at radius 3 is 2.74 bits per heavy atom. The molecule has 0 N–H and O–H groups in total. The molecule has 1 atom stereocenters. The number of nitrogens with zero attached hydrogens (tertiary/aromatic N) is 4. The van der Waals surface area contributed by atoms with Gasteiger partial charge in [-0.05, 0) is 35.2 Å². The lowest BCUT2D eigenvalue weighted by Gasteiger charge is -2.31. The molecule has 0 saturated carbocycles. The molecule has 0 bridgehead atoms. The molecule has 8 heteroatoms. The second-order valence-corrected chi connectivity index (χ2v) is 8.46. The van der Waals surface area contributed by atoms with E-state index in [1.165, 1.54) is 5.56 Å². The van der Waals surface area contributed by atoms with Crippen molar-refractivity contribution in [3.8, 4) is 17.1 Å². The second-order valence-electron chi connectivity index (χ2n) is 8.46. The van der Waals surface area contributed by atoms with Crippen LogP contribution in [0.5, 0.6) is 5.75 Å². The molecule has 3 heterocycles. The van der Waals surface area contributed by atoms with Crippen molar-refractivity contribution in [2.24, 2.45) is 0 Å². The SMILES string of the molecule is CC(C)(C)c1ccc(OCC(=O)N2CCOC(c3nc(-c4cccnc4)no3)C2)cc1. The fourth-order valence-electron chi connectivity index (χ4n) is 3.29. The summed E-state index contributed by atoms with van der Waals surface area (Å²) in [6.45, 7) is 7.65. The maximum Gasteiger partial charge on any atom is 0.260 e. The molecule has 4 rings (SSSR count). The van der Waals surface area contributed by atoms with Crippen molar-refractivity contribution in [3.63, 3.8) is 0 Å². The van der Waals surface area contributed by atoms with E-state index in [1.54, 1.807) is 23.4 Å². The zero-order chi connectivity index (χ0) is 21.8. The van der Waals surface area contributed by atoms with Crippen molar-refractivity contribution in [2.45, 2.75) is 32.3 Å². The highest BCUT2D eigenvalue weighted by Gasteiger charge is 2.29. The van der Waals surface area contributed by atoms with Crippen molar-refractivity contribution in [3.05, 3.63) is 60.2 Å². The van der Waals surface area contributed by atoms with Crippen LogP contribution >= 0.6 is 0 Å². The summed E-state index contributed by atoms with van der Waals surface area (Å²) in [6, 6.07) is 11.5. The highest BCUT2D eigenvalue weighted by Crippen LogP contribution is 2.25. The number of pyridine rings is 1. The predicted molar refractivity (Wildman–Crippen MR) is 113 cm³/mol. The van der Waals surface area contributed by atoms with Gasteiger partial charge in [0.25, 0.3) is 11.8 Å². The molecule has 3 aromatic rings. The lowest BCUT2D eigenvalue weighted by molar-refractivity contribution is -0.142.